The van der Waals surface area contributed by atoms with Gasteiger partial charge in [0.1, 0.15) is 5.75 Å². The van der Waals surface area contributed by atoms with Crippen LogP contribution in [0, 0.1) is 19.8 Å². The van der Waals surface area contributed by atoms with Gasteiger partial charge < -0.3 is 15.3 Å². The van der Waals surface area contributed by atoms with Crippen molar-refractivity contribution in [3.8, 4) is 11.4 Å². The van der Waals surface area contributed by atoms with E-state index in [-0.39, 0.29) is 23.5 Å². The Morgan fingerprint density at radius 3 is 2.38 bits per heavy atom. The number of nitrogens with zero attached hydrogens (tertiary/aromatic N) is 3. The zero-order valence-corrected chi connectivity index (χ0v) is 18.4. The van der Waals surface area contributed by atoms with Gasteiger partial charge in [-0.2, -0.15) is 5.10 Å². The molecule has 1 fully saturated rings. The quantitative estimate of drug-likeness (QED) is 0.603. The summed E-state index contributed by atoms with van der Waals surface area (Å²) in [4.78, 5) is 27.4. The third-order valence-electron chi connectivity index (χ3n) is 6.15. The fraction of sp³-hybridized carbons (Fsp3) is 0.320. The molecule has 32 heavy (non-hydrogen) atoms. The van der Waals surface area contributed by atoms with Crippen molar-refractivity contribution in [3.05, 3.63) is 71.5 Å². The highest BCUT2D eigenvalue weighted by Gasteiger charge is 2.28. The Balaban J connectivity index is 1.36. The van der Waals surface area contributed by atoms with Crippen molar-refractivity contribution in [1.82, 2.24) is 14.7 Å². The second-order valence-electron chi connectivity index (χ2n) is 8.23. The topological polar surface area (TPSA) is 87.5 Å². The number of aromatic nitrogens is 2. The van der Waals surface area contributed by atoms with Crippen LogP contribution in [-0.2, 0) is 16.0 Å². The van der Waals surface area contributed by atoms with E-state index in [0.29, 0.717) is 38.0 Å². The summed E-state index contributed by atoms with van der Waals surface area (Å²) < 4.78 is 1.88. The normalized spacial score (nSPS) is 14.4. The number of likely N-dealkylation sites (tertiary alicyclic amines) is 1. The number of carbonyl (C=O) groups excluding carboxylic acids is 2. The monoisotopic (exact) mass is 432 g/mol. The molecule has 0 spiro atoms. The number of hydrogen-bond acceptors (Lipinski definition) is 4. The number of piperidine rings is 1. The molecule has 2 heterocycles. The van der Waals surface area contributed by atoms with Crippen LogP contribution in [0.2, 0.25) is 0 Å². The largest absolute Gasteiger partial charge is 0.506 e. The summed E-state index contributed by atoms with van der Waals surface area (Å²) in [6, 6.07) is 16.6. The van der Waals surface area contributed by atoms with Crippen LogP contribution >= 0.6 is 0 Å². The second kappa shape index (κ2) is 9.26. The first-order chi connectivity index (χ1) is 15.4. The molecule has 2 aromatic carbocycles. The average Bonchev–Trinajstić information content (AvgIpc) is 3.09. The number of hydrogen-bond donors (Lipinski definition) is 2. The van der Waals surface area contributed by atoms with Gasteiger partial charge in [0.25, 0.3) is 0 Å². The summed E-state index contributed by atoms with van der Waals surface area (Å²) in [6.07, 6.45) is 1.51. The lowest BCUT2D eigenvalue weighted by molar-refractivity contribution is -0.133. The van der Waals surface area contributed by atoms with Gasteiger partial charge in [-0.3, -0.25) is 9.59 Å². The van der Waals surface area contributed by atoms with E-state index in [2.05, 4.69) is 10.4 Å². The number of amides is 2. The lowest BCUT2D eigenvalue weighted by Crippen LogP contribution is -2.42. The second-order valence-corrected chi connectivity index (χ2v) is 8.23. The summed E-state index contributed by atoms with van der Waals surface area (Å²) in [6.45, 7) is 5.01. The third kappa shape index (κ3) is 4.51. The van der Waals surface area contributed by atoms with Gasteiger partial charge >= 0.3 is 0 Å². The molecule has 1 aliphatic heterocycles. The predicted molar refractivity (Wildman–Crippen MR) is 123 cm³/mol. The van der Waals surface area contributed by atoms with Crippen molar-refractivity contribution >= 4 is 17.5 Å². The van der Waals surface area contributed by atoms with Gasteiger partial charge in [-0.15, -0.1) is 0 Å². The molecule has 7 heteroatoms. The standard InChI is InChI=1S/C25H28N4O3/c1-17-21(18(2)29(27-17)20-8-4-3-5-9-20)16-24(31)28-14-12-19(13-15-28)25(32)26-22-10-6-7-11-23(22)30/h3-11,19,30H,12-16H2,1-2H3,(H,26,32). The van der Waals surface area contributed by atoms with Crippen LogP contribution in [0.1, 0.15) is 29.8 Å². The molecule has 0 saturated carbocycles. The number of para-hydroxylation sites is 3. The van der Waals surface area contributed by atoms with Gasteiger partial charge in [-0.05, 0) is 51.0 Å². The average molecular weight is 433 g/mol. The minimum Gasteiger partial charge on any atom is -0.506 e. The molecule has 0 aliphatic carbocycles. The zero-order chi connectivity index (χ0) is 22.7. The molecule has 2 amide bonds. The number of rotatable bonds is 5. The van der Waals surface area contributed by atoms with Gasteiger partial charge in [0.15, 0.2) is 0 Å². The fourth-order valence-electron chi connectivity index (χ4n) is 4.22. The van der Waals surface area contributed by atoms with E-state index in [0.717, 1.165) is 22.6 Å². The number of benzene rings is 2. The molecule has 3 aromatic rings. The van der Waals surface area contributed by atoms with E-state index < -0.39 is 0 Å². The number of aryl methyl sites for hydroxylation is 1. The van der Waals surface area contributed by atoms with Crippen LogP contribution in [0.5, 0.6) is 5.75 Å². The minimum absolute atomic E-state index is 0.0512. The molecule has 0 bridgehead atoms. The van der Waals surface area contributed by atoms with E-state index in [9.17, 15) is 14.7 Å². The van der Waals surface area contributed by atoms with Crippen molar-refractivity contribution in [3.63, 3.8) is 0 Å². The SMILES string of the molecule is Cc1nn(-c2ccccc2)c(C)c1CC(=O)N1CCC(C(=O)Nc2ccccc2O)CC1. The highest BCUT2D eigenvalue weighted by molar-refractivity contribution is 5.94. The van der Waals surface area contributed by atoms with Crippen LogP contribution in [0.15, 0.2) is 54.6 Å². The molecule has 7 nitrogen and oxygen atoms in total. The van der Waals surface area contributed by atoms with Crippen molar-refractivity contribution in [2.45, 2.75) is 33.1 Å². The van der Waals surface area contributed by atoms with Crippen molar-refractivity contribution in [1.29, 1.82) is 0 Å². The summed E-state index contributed by atoms with van der Waals surface area (Å²) in [7, 11) is 0. The van der Waals surface area contributed by atoms with Crippen molar-refractivity contribution in [2.24, 2.45) is 5.92 Å². The van der Waals surface area contributed by atoms with Crippen LogP contribution in [-0.4, -0.2) is 44.7 Å². The zero-order valence-electron chi connectivity index (χ0n) is 18.4. The highest BCUT2D eigenvalue weighted by atomic mass is 16.3. The first-order valence-corrected chi connectivity index (χ1v) is 10.9. The highest BCUT2D eigenvalue weighted by Crippen LogP contribution is 2.25. The Kier molecular flexibility index (Phi) is 6.25. The molecule has 2 N–H and O–H groups in total. The first kappa shape index (κ1) is 21.6. The maximum atomic E-state index is 13.0. The lowest BCUT2D eigenvalue weighted by atomic mass is 9.95. The molecular formula is C25H28N4O3. The molecule has 166 valence electrons. The van der Waals surface area contributed by atoms with E-state index >= 15 is 0 Å². The Hall–Kier alpha value is -3.61. The fourth-order valence-corrected chi connectivity index (χ4v) is 4.22. The molecule has 1 saturated heterocycles. The minimum atomic E-state index is -0.178. The number of anilines is 1. The lowest BCUT2D eigenvalue weighted by Gasteiger charge is -2.31. The van der Waals surface area contributed by atoms with Gasteiger partial charge in [-0.1, -0.05) is 30.3 Å². The summed E-state index contributed by atoms with van der Waals surface area (Å²) in [5.41, 5.74) is 4.18. The van der Waals surface area contributed by atoms with Crippen LogP contribution in [0.3, 0.4) is 0 Å². The summed E-state index contributed by atoms with van der Waals surface area (Å²) in [5, 5.41) is 17.3. The van der Waals surface area contributed by atoms with E-state index in [1.165, 1.54) is 0 Å². The Morgan fingerprint density at radius 2 is 1.69 bits per heavy atom. The molecule has 0 unspecified atom stereocenters. The molecule has 4 rings (SSSR count). The number of phenolic OH excluding ortho intramolecular Hbond substituents is 1. The Bertz CT molecular complexity index is 1120. The summed E-state index contributed by atoms with van der Waals surface area (Å²) >= 11 is 0. The van der Waals surface area contributed by atoms with Crippen molar-refractivity contribution in [2.75, 3.05) is 18.4 Å². The number of carbonyl (C=O) groups is 2. The summed E-state index contributed by atoms with van der Waals surface area (Å²) in [5.74, 6) is -0.184. The molecule has 0 atom stereocenters. The molecular weight excluding hydrogens is 404 g/mol. The molecule has 0 radical (unpaired) electrons. The van der Waals surface area contributed by atoms with E-state index in [4.69, 9.17) is 0 Å². The van der Waals surface area contributed by atoms with Crippen LogP contribution < -0.4 is 5.32 Å². The van der Waals surface area contributed by atoms with Crippen LogP contribution in [0.25, 0.3) is 5.69 Å². The van der Waals surface area contributed by atoms with Gasteiger partial charge in [0, 0.05) is 30.3 Å². The number of aromatic hydroxyl groups is 1. The van der Waals surface area contributed by atoms with Gasteiger partial charge in [0.05, 0.1) is 23.5 Å². The van der Waals surface area contributed by atoms with Gasteiger partial charge in [-0.25, -0.2) is 4.68 Å². The Labute approximate surface area is 187 Å². The third-order valence-corrected chi connectivity index (χ3v) is 6.15. The number of nitrogens with one attached hydrogen (secondary N) is 1. The maximum Gasteiger partial charge on any atom is 0.227 e. The maximum absolute atomic E-state index is 13.0. The Morgan fingerprint density at radius 1 is 1.03 bits per heavy atom. The van der Waals surface area contributed by atoms with E-state index in [1.54, 1.807) is 24.3 Å². The van der Waals surface area contributed by atoms with Crippen LogP contribution in [0.4, 0.5) is 5.69 Å². The molecule has 1 aliphatic rings. The first-order valence-electron chi connectivity index (χ1n) is 10.9. The smallest absolute Gasteiger partial charge is 0.227 e. The molecule has 1 aromatic heterocycles. The van der Waals surface area contributed by atoms with Gasteiger partial charge in [0.2, 0.25) is 11.8 Å². The van der Waals surface area contributed by atoms with E-state index in [1.807, 2.05) is 53.8 Å². The number of phenols is 1. The van der Waals surface area contributed by atoms with Crippen molar-refractivity contribution < 1.29 is 14.7 Å². The predicted octanol–water partition coefficient (Wildman–Crippen LogP) is 3.61.